The molecule has 2 amide bonds. The van der Waals surface area contributed by atoms with Gasteiger partial charge in [-0.05, 0) is 6.92 Å². The molecule has 2 unspecified atom stereocenters. The second-order valence-electron chi connectivity index (χ2n) is 4.51. The van der Waals surface area contributed by atoms with Crippen molar-refractivity contribution in [3.8, 4) is 0 Å². The number of ether oxygens (including phenoxy) is 1. The number of carboxylic acid groups (broad SMARTS) is 1. The van der Waals surface area contributed by atoms with Crippen molar-refractivity contribution in [3.63, 3.8) is 0 Å². The van der Waals surface area contributed by atoms with E-state index in [0.717, 1.165) is 4.90 Å². The van der Waals surface area contributed by atoms with Gasteiger partial charge in [0.1, 0.15) is 12.6 Å². The fraction of sp³-hybridized carbons (Fsp3) is 0.818. The van der Waals surface area contributed by atoms with E-state index < -0.39 is 36.9 Å². The van der Waals surface area contributed by atoms with E-state index in [0.29, 0.717) is 4.90 Å². The summed E-state index contributed by atoms with van der Waals surface area (Å²) in [6.07, 6.45) is -4.93. The number of methoxy groups -OCH3 is 1. The summed E-state index contributed by atoms with van der Waals surface area (Å²) in [5.41, 5.74) is 0. The molecule has 9 heteroatoms. The molecule has 0 aromatic heterocycles. The number of likely N-dealkylation sites (tertiary alicyclic amines) is 1. The zero-order valence-electron chi connectivity index (χ0n) is 11.2. The fourth-order valence-corrected chi connectivity index (χ4v) is 2.13. The van der Waals surface area contributed by atoms with Gasteiger partial charge in [-0.25, -0.2) is 9.59 Å². The van der Waals surface area contributed by atoms with E-state index in [1.54, 1.807) is 0 Å². The Hall–Kier alpha value is -1.51. The third kappa shape index (κ3) is 3.99. The average Bonchev–Trinajstić information content (AvgIpc) is 2.78. The van der Waals surface area contributed by atoms with E-state index in [9.17, 15) is 22.8 Å². The number of hydrogen-bond acceptors (Lipinski definition) is 3. The Kier molecular flexibility index (Phi) is 5.21. The van der Waals surface area contributed by atoms with Crippen LogP contribution in [0.5, 0.6) is 0 Å². The molecule has 1 saturated heterocycles. The number of carbonyl (C=O) groups excluding carboxylic acids is 1. The number of nitrogens with zero attached hydrogens (tertiary/aromatic N) is 2. The van der Waals surface area contributed by atoms with Gasteiger partial charge in [0, 0.05) is 26.6 Å². The van der Waals surface area contributed by atoms with Crippen molar-refractivity contribution in [1.82, 2.24) is 9.80 Å². The van der Waals surface area contributed by atoms with E-state index >= 15 is 0 Å². The smallest absolute Gasteiger partial charge is 0.406 e. The molecule has 1 N–H and O–H groups in total. The van der Waals surface area contributed by atoms with Crippen molar-refractivity contribution in [2.45, 2.75) is 31.7 Å². The van der Waals surface area contributed by atoms with Gasteiger partial charge >= 0.3 is 18.2 Å². The van der Waals surface area contributed by atoms with Crippen molar-refractivity contribution in [1.29, 1.82) is 0 Å². The zero-order chi connectivity index (χ0) is 15.5. The van der Waals surface area contributed by atoms with Gasteiger partial charge in [-0.15, -0.1) is 0 Å². The zero-order valence-corrected chi connectivity index (χ0v) is 11.2. The highest BCUT2D eigenvalue weighted by Crippen LogP contribution is 2.24. The summed E-state index contributed by atoms with van der Waals surface area (Å²) in [4.78, 5) is 24.6. The minimum atomic E-state index is -4.52. The molecule has 0 saturated carbocycles. The Morgan fingerprint density at radius 2 is 2.05 bits per heavy atom. The predicted molar refractivity (Wildman–Crippen MR) is 62.2 cm³/mol. The third-order valence-corrected chi connectivity index (χ3v) is 3.15. The van der Waals surface area contributed by atoms with Crippen LogP contribution in [0.4, 0.5) is 18.0 Å². The lowest BCUT2D eigenvalue weighted by molar-refractivity contribution is -0.143. The molecule has 1 heterocycles. The second-order valence-corrected chi connectivity index (χ2v) is 4.51. The molecule has 1 rings (SSSR count). The summed E-state index contributed by atoms with van der Waals surface area (Å²) in [6, 6.07) is -2.09. The number of halogens is 3. The van der Waals surface area contributed by atoms with E-state index in [1.165, 1.54) is 14.0 Å². The van der Waals surface area contributed by atoms with Crippen LogP contribution in [0.3, 0.4) is 0 Å². The average molecular weight is 298 g/mol. The molecule has 2 atom stereocenters. The first-order valence-electron chi connectivity index (χ1n) is 6.07. The molecule has 0 radical (unpaired) electrons. The first-order chi connectivity index (χ1) is 9.19. The molecule has 0 aliphatic carbocycles. The van der Waals surface area contributed by atoms with Crippen LogP contribution >= 0.6 is 0 Å². The molecule has 0 aromatic rings. The van der Waals surface area contributed by atoms with Gasteiger partial charge < -0.3 is 19.6 Å². The Balaban J connectivity index is 2.84. The number of carboxylic acids is 1. The quantitative estimate of drug-likeness (QED) is 0.845. The summed E-state index contributed by atoms with van der Waals surface area (Å²) < 4.78 is 42.1. The highest BCUT2D eigenvalue weighted by Gasteiger charge is 2.43. The molecular weight excluding hydrogens is 281 g/mol. The Bertz CT molecular complexity index is 375. The molecule has 20 heavy (non-hydrogen) atoms. The maximum absolute atomic E-state index is 12.4. The SMILES string of the molecule is CCN(CC(F)(F)F)C(=O)N1CC(OC)CC1C(=O)O. The highest BCUT2D eigenvalue weighted by atomic mass is 19.4. The van der Waals surface area contributed by atoms with Gasteiger partial charge in [-0.2, -0.15) is 13.2 Å². The fourth-order valence-electron chi connectivity index (χ4n) is 2.13. The van der Waals surface area contributed by atoms with Crippen LogP contribution in [-0.2, 0) is 9.53 Å². The lowest BCUT2D eigenvalue weighted by Gasteiger charge is -2.30. The normalized spacial score (nSPS) is 22.9. The molecule has 0 aromatic carbocycles. The molecule has 0 bridgehead atoms. The number of alkyl halides is 3. The molecular formula is C11H17F3N2O4. The largest absolute Gasteiger partial charge is 0.480 e. The van der Waals surface area contributed by atoms with Crippen molar-refractivity contribution in [2.24, 2.45) is 0 Å². The molecule has 1 aliphatic heterocycles. The summed E-state index contributed by atoms with van der Waals surface area (Å²) in [5, 5.41) is 9.04. The number of amides is 2. The third-order valence-electron chi connectivity index (χ3n) is 3.15. The highest BCUT2D eigenvalue weighted by molar-refractivity contribution is 5.83. The van der Waals surface area contributed by atoms with Crippen LogP contribution in [0.1, 0.15) is 13.3 Å². The maximum Gasteiger partial charge on any atom is 0.406 e. The van der Waals surface area contributed by atoms with E-state index in [2.05, 4.69) is 0 Å². The molecule has 1 fully saturated rings. The van der Waals surface area contributed by atoms with Gasteiger partial charge in [-0.1, -0.05) is 0 Å². The molecule has 6 nitrogen and oxygen atoms in total. The van der Waals surface area contributed by atoms with Crippen LogP contribution in [0.15, 0.2) is 0 Å². The van der Waals surface area contributed by atoms with Crippen molar-refractivity contribution >= 4 is 12.0 Å². The summed E-state index contributed by atoms with van der Waals surface area (Å²) in [6.45, 7) is -0.175. The van der Waals surface area contributed by atoms with Gasteiger partial charge in [0.05, 0.1) is 6.10 Å². The maximum atomic E-state index is 12.4. The number of hydrogen-bond donors (Lipinski definition) is 1. The van der Waals surface area contributed by atoms with Crippen LogP contribution < -0.4 is 0 Å². The second kappa shape index (κ2) is 6.29. The lowest BCUT2D eigenvalue weighted by atomic mass is 10.2. The van der Waals surface area contributed by atoms with Gasteiger partial charge in [-0.3, -0.25) is 0 Å². The van der Waals surface area contributed by atoms with Crippen LogP contribution in [0.25, 0.3) is 0 Å². The van der Waals surface area contributed by atoms with Gasteiger partial charge in [0.25, 0.3) is 0 Å². The number of aliphatic carboxylic acids is 1. The first kappa shape index (κ1) is 16.5. The Labute approximate surface area is 114 Å². The van der Waals surface area contributed by atoms with Gasteiger partial charge in [0.2, 0.25) is 0 Å². The van der Waals surface area contributed by atoms with Crippen molar-refractivity contribution < 1.29 is 32.6 Å². The number of rotatable bonds is 4. The van der Waals surface area contributed by atoms with E-state index in [1.807, 2.05) is 0 Å². The van der Waals surface area contributed by atoms with Crippen molar-refractivity contribution in [2.75, 3.05) is 26.7 Å². The minimum Gasteiger partial charge on any atom is -0.480 e. The molecule has 1 aliphatic rings. The summed E-state index contributed by atoms with van der Waals surface area (Å²) in [5.74, 6) is -1.25. The Morgan fingerprint density at radius 1 is 1.45 bits per heavy atom. The Morgan fingerprint density at radius 3 is 2.45 bits per heavy atom. The topological polar surface area (TPSA) is 70.1 Å². The minimum absolute atomic E-state index is 0.0271. The van der Waals surface area contributed by atoms with Crippen LogP contribution in [0, 0.1) is 0 Å². The van der Waals surface area contributed by atoms with Crippen LogP contribution in [0.2, 0.25) is 0 Å². The van der Waals surface area contributed by atoms with E-state index in [-0.39, 0.29) is 19.5 Å². The van der Waals surface area contributed by atoms with E-state index in [4.69, 9.17) is 9.84 Å². The predicted octanol–water partition coefficient (Wildman–Crippen LogP) is 1.16. The number of urea groups is 1. The number of carbonyl (C=O) groups is 2. The molecule has 0 spiro atoms. The summed E-state index contributed by atoms with van der Waals surface area (Å²) in [7, 11) is 1.37. The summed E-state index contributed by atoms with van der Waals surface area (Å²) >= 11 is 0. The van der Waals surface area contributed by atoms with Crippen molar-refractivity contribution in [3.05, 3.63) is 0 Å². The first-order valence-corrected chi connectivity index (χ1v) is 6.07. The monoisotopic (exact) mass is 298 g/mol. The van der Waals surface area contributed by atoms with Gasteiger partial charge in [0.15, 0.2) is 0 Å². The van der Waals surface area contributed by atoms with Crippen LogP contribution in [-0.4, -0.2) is 72.0 Å². The lowest BCUT2D eigenvalue weighted by Crippen LogP contribution is -2.50. The molecule has 116 valence electrons. The standard InChI is InChI=1S/C11H17F3N2O4/c1-3-15(6-11(12,13)14)10(19)16-5-7(20-2)4-8(16)9(17)18/h7-8H,3-6H2,1-2H3,(H,17,18).